The van der Waals surface area contributed by atoms with Crippen LogP contribution in [0.5, 0.6) is 0 Å². The van der Waals surface area contributed by atoms with Gasteiger partial charge in [0.2, 0.25) is 0 Å². The Morgan fingerprint density at radius 2 is 2.14 bits per heavy atom. The van der Waals surface area contributed by atoms with Crippen molar-refractivity contribution in [3.8, 4) is 0 Å². The summed E-state index contributed by atoms with van der Waals surface area (Å²) in [6.07, 6.45) is 3.68. The van der Waals surface area contributed by atoms with Crippen LogP contribution in [0.4, 0.5) is 0 Å². The zero-order valence-electron chi connectivity index (χ0n) is 12.7. The van der Waals surface area contributed by atoms with E-state index in [1.807, 2.05) is 6.07 Å². The van der Waals surface area contributed by atoms with Crippen molar-refractivity contribution in [2.75, 3.05) is 19.7 Å². The molecule has 0 aliphatic carbocycles. The average Bonchev–Trinajstić information content (AvgIpc) is 2.55. The number of ether oxygens (including phenoxy) is 1. The molecule has 0 radical (unpaired) electrons. The van der Waals surface area contributed by atoms with Gasteiger partial charge in [0, 0.05) is 24.5 Å². The maximum atomic E-state index is 6.05. The molecule has 3 heteroatoms. The van der Waals surface area contributed by atoms with Crippen LogP contribution < -0.4 is 5.32 Å². The Kier molecular flexibility index (Phi) is 4.84. The Bertz CT molecular complexity index is 584. The topological polar surface area (TPSA) is 34.1 Å². The summed E-state index contributed by atoms with van der Waals surface area (Å²) in [5.74, 6) is 0.527. The summed E-state index contributed by atoms with van der Waals surface area (Å²) in [5, 5.41) is 4.73. The van der Waals surface area contributed by atoms with Crippen LogP contribution in [0.3, 0.4) is 0 Å². The third kappa shape index (κ3) is 3.42. The maximum Gasteiger partial charge on any atom is 0.103 e. The van der Waals surface area contributed by atoms with Crippen LogP contribution in [0.15, 0.2) is 36.4 Å². The van der Waals surface area contributed by atoms with Crippen LogP contribution in [0.2, 0.25) is 0 Å². The molecule has 1 aliphatic heterocycles. The first-order chi connectivity index (χ1) is 10.4. The van der Waals surface area contributed by atoms with Gasteiger partial charge in [-0.15, -0.1) is 0 Å². The van der Waals surface area contributed by atoms with E-state index in [9.17, 15) is 0 Å². The Hall–Kier alpha value is -1.45. The van der Waals surface area contributed by atoms with Crippen molar-refractivity contribution in [3.63, 3.8) is 0 Å². The van der Waals surface area contributed by atoms with Gasteiger partial charge in [-0.2, -0.15) is 0 Å². The first-order valence-electron chi connectivity index (χ1n) is 8.06. The first-order valence-corrected chi connectivity index (χ1v) is 8.06. The number of fused-ring (bicyclic) bond motifs is 1. The number of nitrogens with one attached hydrogen (secondary N) is 1. The molecule has 2 atom stereocenters. The van der Waals surface area contributed by atoms with E-state index in [2.05, 4.69) is 42.6 Å². The molecular formula is C18H24N2O. The molecule has 0 saturated carbocycles. The van der Waals surface area contributed by atoms with Crippen LogP contribution in [-0.2, 0) is 4.74 Å². The fourth-order valence-electron chi connectivity index (χ4n) is 3.08. The molecular weight excluding hydrogens is 260 g/mol. The monoisotopic (exact) mass is 284 g/mol. The molecule has 0 amide bonds. The summed E-state index contributed by atoms with van der Waals surface area (Å²) < 4.78 is 6.05. The quantitative estimate of drug-likeness (QED) is 0.850. The molecule has 3 rings (SSSR count). The smallest absolute Gasteiger partial charge is 0.103 e. The molecule has 1 N–H and O–H groups in total. The van der Waals surface area contributed by atoms with Crippen LogP contribution in [0, 0.1) is 5.92 Å². The van der Waals surface area contributed by atoms with E-state index in [4.69, 9.17) is 9.72 Å². The summed E-state index contributed by atoms with van der Waals surface area (Å²) in [7, 11) is 0. The lowest BCUT2D eigenvalue weighted by molar-refractivity contribution is -0.0300. The molecule has 2 aromatic rings. The Balaban J connectivity index is 1.80. The SMILES string of the molecule is CCCNCC1CCCOC1c1ccc2ccccc2n1. The molecule has 1 saturated heterocycles. The number of hydrogen-bond acceptors (Lipinski definition) is 3. The van der Waals surface area contributed by atoms with Gasteiger partial charge in [-0.3, -0.25) is 4.98 Å². The highest BCUT2D eigenvalue weighted by molar-refractivity contribution is 5.78. The summed E-state index contributed by atoms with van der Waals surface area (Å²) in [4.78, 5) is 4.82. The molecule has 2 unspecified atom stereocenters. The van der Waals surface area contributed by atoms with Gasteiger partial charge < -0.3 is 10.1 Å². The molecule has 2 heterocycles. The van der Waals surface area contributed by atoms with Crippen molar-refractivity contribution in [1.82, 2.24) is 10.3 Å². The number of pyridine rings is 1. The van der Waals surface area contributed by atoms with Crippen molar-refractivity contribution in [2.45, 2.75) is 32.3 Å². The van der Waals surface area contributed by atoms with Gasteiger partial charge >= 0.3 is 0 Å². The largest absolute Gasteiger partial charge is 0.372 e. The normalized spacial score (nSPS) is 22.5. The minimum atomic E-state index is 0.132. The highest BCUT2D eigenvalue weighted by atomic mass is 16.5. The number of rotatable bonds is 5. The fourth-order valence-corrected chi connectivity index (χ4v) is 3.08. The third-order valence-corrected chi connectivity index (χ3v) is 4.19. The van der Waals surface area contributed by atoms with Crippen LogP contribution >= 0.6 is 0 Å². The standard InChI is InChI=1S/C18H24N2O/c1-2-11-19-13-15-7-5-12-21-18(15)17-10-9-14-6-3-4-8-16(14)20-17/h3-4,6,8-10,15,18-19H,2,5,7,11-13H2,1H3. The Labute approximate surface area is 126 Å². The first kappa shape index (κ1) is 14.5. The van der Waals surface area contributed by atoms with Crippen molar-refractivity contribution < 1.29 is 4.74 Å². The number of benzene rings is 1. The predicted molar refractivity (Wildman–Crippen MR) is 86.3 cm³/mol. The zero-order valence-corrected chi connectivity index (χ0v) is 12.7. The number of nitrogens with zero attached hydrogens (tertiary/aromatic N) is 1. The molecule has 0 spiro atoms. The van der Waals surface area contributed by atoms with Gasteiger partial charge in [-0.25, -0.2) is 0 Å². The van der Waals surface area contributed by atoms with Crippen LogP contribution in [-0.4, -0.2) is 24.7 Å². The second-order valence-electron chi connectivity index (χ2n) is 5.83. The fraction of sp³-hybridized carbons (Fsp3) is 0.500. The van der Waals surface area contributed by atoms with Gasteiger partial charge in [0.1, 0.15) is 6.10 Å². The highest BCUT2D eigenvalue weighted by Gasteiger charge is 2.28. The maximum absolute atomic E-state index is 6.05. The van der Waals surface area contributed by atoms with E-state index < -0.39 is 0 Å². The molecule has 1 aliphatic rings. The number of hydrogen-bond donors (Lipinski definition) is 1. The molecule has 1 aromatic heterocycles. The molecule has 0 bridgehead atoms. The summed E-state index contributed by atoms with van der Waals surface area (Å²) in [5.41, 5.74) is 2.14. The van der Waals surface area contributed by atoms with E-state index in [1.165, 1.54) is 18.2 Å². The second kappa shape index (κ2) is 7.01. The van der Waals surface area contributed by atoms with Crippen molar-refractivity contribution in [1.29, 1.82) is 0 Å². The van der Waals surface area contributed by atoms with Crippen molar-refractivity contribution in [2.24, 2.45) is 5.92 Å². The predicted octanol–water partition coefficient (Wildman–Crippen LogP) is 3.70. The van der Waals surface area contributed by atoms with Crippen LogP contribution in [0.25, 0.3) is 10.9 Å². The van der Waals surface area contributed by atoms with Crippen LogP contribution in [0.1, 0.15) is 38.0 Å². The highest BCUT2D eigenvalue weighted by Crippen LogP contribution is 2.33. The molecule has 21 heavy (non-hydrogen) atoms. The lowest BCUT2D eigenvalue weighted by Gasteiger charge is -2.31. The minimum absolute atomic E-state index is 0.132. The number of aromatic nitrogens is 1. The molecule has 3 nitrogen and oxygen atoms in total. The zero-order chi connectivity index (χ0) is 14.5. The molecule has 112 valence electrons. The van der Waals surface area contributed by atoms with E-state index in [0.717, 1.165) is 37.3 Å². The van der Waals surface area contributed by atoms with E-state index in [1.54, 1.807) is 0 Å². The van der Waals surface area contributed by atoms with Crippen molar-refractivity contribution >= 4 is 10.9 Å². The van der Waals surface area contributed by atoms with Gasteiger partial charge in [0.05, 0.1) is 11.2 Å². The summed E-state index contributed by atoms with van der Waals surface area (Å²) in [6, 6.07) is 12.6. The lowest BCUT2D eigenvalue weighted by Crippen LogP contribution is -2.32. The molecule has 1 fully saturated rings. The average molecular weight is 284 g/mol. The van der Waals surface area contributed by atoms with E-state index in [-0.39, 0.29) is 6.10 Å². The summed E-state index contributed by atoms with van der Waals surface area (Å²) in [6.45, 7) is 5.15. The van der Waals surface area contributed by atoms with Gasteiger partial charge in [-0.1, -0.05) is 31.2 Å². The Morgan fingerprint density at radius 1 is 1.24 bits per heavy atom. The van der Waals surface area contributed by atoms with Gasteiger partial charge in [-0.05, 0) is 37.9 Å². The van der Waals surface area contributed by atoms with Crippen molar-refractivity contribution in [3.05, 3.63) is 42.1 Å². The van der Waals surface area contributed by atoms with E-state index >= 15 is 0 Å². The van der Waals surface area contributed by atoms with Gasteiger partial charge in [0.25, 0.3) is 0 Å². The van der Waals surface area contributed by atoms with Gasteiger partial charge in [0.15, 0.2) is 0 Å². The Morgan fingerprint density at radius 3 is 3.05 bits per heavy atom. The molecule has 1 aromatic carbocycles. The van der Waals surface area contributed by atoms with E-state index in [0.29, 0.717) is 5.92 Å². The second-order valence-corrected chi connectivity index (χ2v) is 5.83. The summed E-state index contributed by atoms with van der Waals surface area (Å²) >= 11 is 0. The number of para-hydroxylation sites is 1. The lowest BCUT2D eigenvalue weighted by atomic mass is 9.91. The minimum Gasteiger partial charge on any atom is -0.372 e. The third-order valence-electron chi connectivity index (χ3n) is 4.19.